The fourth-order valence-corrected chi connectivity index (χ4v) is 6.71. The Labute approximate surface area is 234 Å². The van der Waals surface area contributed by atoms with Gasteiger partial charge in [0, 0.05) is 73.9 Å². The van der Waals surface area contributed by atoms with Crippen molar-refractivity contribution in [3.05, 3.63) is 42.6 Å². The number of amides is 1. The van der Waals surface area contributed by atoms with Gasteiger partial charge in [-0.15, -0.1) is 0 Å². The average Bonchev–Trinajstić information content (AvgIpc) is 3.58. The van der Waals surface area contributed by atoms with Crippen LogP contribution in [0.25, 0.3) is 16.6 Å². The fourth-order valence-electron chi connectivity index (χ4n) is 6.71. The number of ether oxygens (including phenoxy) is 1. The Kier molecular flexibility index (Phi) is 7.03. The van der Waals surface area contributed by atoms with E-state index in [4.69, 9.17) is 4.74 Å². The molecule has 7 rings (SSSR count). The maximum Gasteiger partial charge on any atom is 0.228 e. The smallest absolute Gasteiger partial charge is 0.228 e. The van der Waals surface area contributed by atoms with Crippen molar-refractivity contribution >= 4 is 17.2 Å². The summed E-state index contributed by atoms with van der Waals surface area (Å²) in [6.07, 6.45) is 12.2. The van der Waals surface area contributed by atoms with Crippen LogP contribution < -0.4 is 5.32 Å². The van der Waals surface area contributed by atoms with Crippen molar-refractivity contribution < 1.29 is 14.6 Å². The predicted octanol–water partition coefficient (Wildman–Crippen LogP) is 3.11. The van der Waals surface area contributed by atoms with Crippen LogP contribution in [0.5, 0.6) is 0 Å². The van der Waals surface area contributed by atoms with Gasteiger partial charge in [0.05, 0.1) is 17.7 Å². The molecule has 0 bridgehead atoms. The molecule has 1 amide bonds. The van der Waals surface area contributed by atoms with E-state index in [0.29, 0.717) is 30.3 Å². The first-order chi connectivity index (χ1) is 19.5. The number of piperazine rings is 1. The van der Waals surface area contributed by atoms with Crippen molar-refractivity contribution in [2.45, 2.75) is 88.8 Å². The molecule has 3 aromatic rings. The zero-order valence-corrected chi connectivity index (χ0v) is 23.2. The second-order valence-electron chi connectivity index (χ2n) is 12.2. The first-order valence-electron chi connectivity index (χ1n) is 14.9. The number of pyridine rings is 1. The van der Waals surface area contributed by atoms with Crippen LogP contribution in [0.15, 0.2) is 36.8 Å². The van der Waals surface area contributed by atoms with E-state index >= 15 is 0 Å². The van der Waals surface area contributed by atoms with Crippen LogP contribution >= 0.6 is 0 Å². The maximum atomic E-state index is 13.0. The standard InChI is InChI=1S/C30H39N7O3/c1-19-17-35(23-5-6-23)9-10-36(19)24-12-21(13-24)30(39)33-28-14-25-11-20(7-8-37(25)34-28)22-15-31-29(32-16-22)18-40-27-4-2-3-26(27)38/h7-8,11,14-16,19,21,23-24,26-27,38H,2-6,9-10,12-13,17-18H2,1H3,(H,33,34,39)/t19-,21?,24?,26-,27-/m0/s1. The highest BCUT2D eigenvalue weighted by atomic mass is 16.5. The molecule has 10 heteroatoms. The lowest BCUT2D eigenvalue weighted by molar-refractivity contribution is -0.125. The summed E-state index contributed by atoms with van der Waals surface area (Å²) in [7, 11) is 0. The Hall–Kier alpha value is -2.92. The van der Waals surface area contributed by atoms with Gasteiger partial charge < -0.3 is 15.2 Å². The Morgan fingerprint density at radius 3 is 2.62 bits per heavy atom. The zero-order valence-electron chi connectivity index (χ0n) is 23.2. The van der Waals surface area contributed by atoms with E-state index in [0.717, 1.165) is 67.9 Å². The second kappa shape index (κ2) is 10.8. The van der Waals surface area contributed by atoms with E-state index in [-0.39, 0.29) is 24.0 Å². The molecule has 0 unspecified atom stereocenters. The fraction of sp³-hybridized carbons (Fsp3) is 0.600. The first kappa shape index (κ1) is 26.0. The van der Waals surface area contributed by atoms with E-state index in [9.17, 15) is 9.90 Å². The second-order valence-corrected chi connectivity index (χ2v) is 12.2. The molecular formula is C30H39N7O3. The number of aliphatic hydroxyl groups is 1. The summed E-state index contributed by atoms with van der Waals surface area (Å²) in [5, 5.41) is 17.5. The average molecular weight is 546 g/mol. The number of nitrogens with one attached hydrogen (secondary N) is 1. The van der Waals surface area contributed by atoms with Gasteiger partial charge in [-0.25, -0.2) is 14.5 Å². The molecule has 3 aromatic heterocycles. The summed E-state index contributed by atoms with van der Waals surface area (Å²) in [4.78, 5) is 27.2. The molecule has 4 aliphatic rings. The monoisotopic (exact) mass is 545 g/mol. The number of aliphatic hydroxyl groups excluding tert-OH is 1. The third kappa shape index (κ3) is 5.37. The molecule has 3 saturated carbocycles. The van der Waals surface area contributed by atoms with Gasteiger partial charge in [-0.05, 0) is 69.6 Å². The van der Waals surface area contributed by atoms with Crippen LogP contribution in [0.2, 0.25) is 0 Å². The molecule has 10 nitrogen and oxygen atoms in total. The lowest BCUT2D eigenvalue weighted by Crippen LogP contribution is -2.59. The third-order valence-corrected chi connectivity index (χ3v) is 9.32. The van der Waals surface area contributed by atoms with E-state index in [1.807, 2.05) is 24.4 Å². The summed E-state index contributed by atoms with van der Waals surface area (Å²) < 4.78 is 7.58. The van der Waals surface area contributed by atoms with Crippen LogP contribution in [-0.2, 0) is 16.1 Å². The normalized spacial score (nSPS) is 29.5. The minimum atomic E-state index is -0.386. The van der Waals surface area contributed by atoms with Crippen molar-refractivity contribution in [3.8, 4) is 11.1 Å². The minimum absolute atomic E-state index is 0.0515. The van der Waals surface area contributed by atoms with Crippen molar-refractivity contribution in [2.24, 2.45) is 5.92 Å². The third-order valence-electron chi connectivity index (χ3n) is 9.32. The lowest BCUT2D eigenvalue weighted by Gasteiger charge is -2.49. The molecule has 0 spiro atoms. The van der Waals surface area contributed by atoms with Gasteiger partial charge in [-0.1, -0.05) is 0 Å². The predicted molar refractivity (Wildman–Crippen MR) is 151 cm³/mol. The van der Waals surface area contributed by atoms with Crippen molar-refractivity contribution in [3.63, 3.8) is 0 Å². The van der Waals surface area contributed by atoms with E-state index in [1.54, 1.807) is 16.9 Å². The van der Waals surface area contributed by atoms with Gasteiger partial charge in [0.2, 0.25) is 5.91 Å². The molecule has 0 radical (unpaired) electrons. The van der Waals surface area contributed by atoms with E-state index < -0.39 is 0 Å². The number of aromatic nitrogens is 4. The van der Waals surface area contributed by atoms with Crippen molar-refractivity contribution in [1.29, 1.82) is 0 Å². The SMILES string of the molecule is C[C@H]1CN(C2CC2)CCN1C1CC(C(=O)Nc2cc3cc(-c4cnc(CO[C@H]5CCC[C@@H]5O)nc4)ccn3n2)C1. The summed E-state index contributed by atoms with van der Waals surface area (Å²) >= 11 is 0. The molecule has 3 atom stereocenters. The summed E-state index contributed by atoms with van der Waals surface area (Å²) in [5.74, 6) is 1.30. The van der Waals surface area contributed by atoms with Crippen LogP contribution in [0.3, 0.4) is 0 Å². The van der Waals surface area contributed by atoms with Gasteiger partial charge in [0.15, 0.2) is 11.6 Å². The minimum Gasteiger partial charge on any atom is -0.390 e. The number of carbonyl (C=O) groups excluding carboxylic acids is 1. The molecule has 1 saturated heterocycles. The summed E-state index contributed by atoms with van der Waals surface area (Å²) in [6.45, 7) is 6.09. The Morgan fingerprint density at radius 2 is 1.90 bits per heavy atom. The number of anilines is 1. The number of hydrogen-bond acceptors (Lipinski definition) is 8. The Morgan fingerprint density at radius 1 is 1.07 bits per heavy atom. The van der Waals surface area contributed by atoms with Crippen molar-refractivity contribution in [1.82, 2.24) is 29.4 Å². The first-order valence-corrected chi connectivity index (χ1v) is 14.9. The number of carbonyl (C=O) groups is 1. The van der Waals surface area contributed by atoms with E-state index in [2.05, 4.69) is 37.1 Å². The number of rotatable bonds is 8. The number of nitrogens with zero attached hydrogens (tertiary/aromatic N) is 6. The van der Waals surface area contributed by atoms with Gasteiger partial charge in [-0.3, -0.25) is 14.6 Å². The van der Waals surface area contributed by atoms with Gasteiger partial charge in [-0.2, -0.15) is 5.10 Å². The highest BCUT2D eigenvalue weighted by Crippen LogP contribution is 2.36. The van der Waals surface area contributed by atoms with Gasteiger partial charge in [0.1, 0.15) is 6.61 Å². The molecule has 0 aromatic carbocycles. The van der Waals surface area contributed by atoms with Crippen LogP contribution in [0, 0.1) is 5.92 Å². The summed E-state index contributed by atoms with van der Waals surface area (Å²) in [5.41, 5.74) is 2.76. The number of fused-ring (bicyclic) bond motifs is 1. The molecule has 2 N–H and O–H groups in total. The highest BCUT2D eigenvalue weighted by molar-refractivity contribution is 5.93. The highest BCUT2D eigenvalue weighted by Gasteiger charge is 2.42. The molecule has 4 heterocycles. The Bertz CT molecular complexity index is 1350. The van der Waals surface area contributed by atoms with Crippen LogP contribution in [0.4, 0.5) is 5.82 Å². The largest absolute Gasteiger partial charge is 0.390 e. The van der Waals surface area contributed by atoms with Crippen molar-refractivity contribution in [2.75, 3.05) is 25.0 Å². The van der Waals surface area contributed by atoms with Crippen LogP contribution in [0.1, 0.15) is 57.7 Å². The molecule has 40 heavy (non-hydrogen) atoms. The van der Waals surface area contributed by atoms with Gasteiger partial charge in [0.25, 0.3) is 0 Å². The van der Waals surface area contributed by atoms with Gasteiger partial charge >= 0.3 is 0 Å². The Balaban J connectivity index is 0.927. The molecule has 3 aliphatic carbocycles. The molecular weight excluding hydrogens is 506 g/mol. The maximum absolute atomic E-state index is 13.0. The number of hydrogen-bond donors (Lipinski definition) is 2. The quantitative estimate of drug-likeness (QED) is 0.445. The molecule has 1 aliphatic heterocycles. The zero-order chi connectivity index (χ0) is 27.2. The van der Waals surface area contributed by atoms with E-state index in [1.165, 1.54) is 19.4 Å². The van der Waals surface area contributed by atoms with Crippen LogP contribution in [-0.4, -0.2) is 90.4 Å². The molecule has 212 valence electrons. The molecule has 4 fully saturated rings. The lowest BCUT2D eigenvalue weighted by atomic mass is 9.78. The topological polar surface area (TPSA) is 108 Å². The summed E-state index contributed by atoms with van der Waals surface area (Å²) in [6, 6.07) is 7.82.